The molecule has 0 fully saturated rings. The predicted octanol–water partition coefficient (Wildman–Crippen LogP) is 6.87. The zero-order chi connectivity index (χ0) is 34.1. The topological polar surface area (TPSA) is 104 Å². The molecule has 5 rings (SSSR count). The summed E-state index contributed by atoms with van der Waals surface area (Å²) in [7, 11) is 2.57. The molecule has 1 heterocycles. The normalized spacial score (nSPS) is 11.5. The van der Waals surface area contributed by atoms with E-state index in [1.807, 2.05) is 55.5 Å². The Hall–Kier alpha value is -5.13. The Balaban J connectivity index is 1.14. The monoisotopic (exact) mass is 673 g/mol. The van der Waals surface area contributed by atoms with Gasteiger partial charge in [-0.2, -0.15) is 0 Å². The fraction of sp³-hybridized carbons (Fsp3) is 0.243. The number of hydrogen-bond donors (Lipinski definition) is 0. The van der Waals surface area contributed by atoms with Crippen LogP contribution in [0.25, 0.3) is 23.1 Å². The zero-order valence-corrected chi connectivity index (χ0v) is 28.4. The molecule has 48 heavy (non-hydrogen) atoms. The highest BCUT2D eigenvalue weighted by atomic mass is 32.2. The summed E-state index contributed by atoms with van der Waals surface area (Å²) in [6.45, 7) is 3.13. The third kappa shape index (κ3) is 7.70. The predicted molar refractivity (Wildman–Crippen MR) is 186 cm³/mol. The molecule has 1 aromatic heterocycles. The summed E-state index contributed by atoms with van der Waals surface area (Å²) in [6.07, 6.45) is 5.44. The van der Waals surface area contributed by atoms with Crippen LogP contribution in [0.15, 0.2) is 90.0 Å². The van der Waals surface area contributed by atoms with E-state index >= 15 is 0 Å². The van der Waals surface area contributed by atoms with Crippen molar-refractivity contribution in [3.8, 4) is 34.5 Å². The molecule has 0 saturated heterocycles. The van der Waals surface area contributed by atoms with E-state index in [0.717, 1.165) is 16.7 Å². The molecular weight excluding hydrogens is 634 g/mol. The number of fused-ring (bicyclic) bond motifs is 1. The molecule has 0 amide bonds. The van der Waals surface area contributed by atoms with Crippen molar-refractivity contribution in [2.75, 3.05) is 54.9 Å². The smallest absolute Gasteiger partial charge is 0.268 e. The standard InChI is InChI=1S/C37H39NO9S/c1-26-9-14-29(15-10-26)48(39,40)38-18-17-30-31(38)7-6-8-32(30)46-21-19-45-20-22-47-34-23-27(13-16-33(34)41-2)11-12-28-24-35(42-3)37(44-5)36(25-28)43-4/h6-18,23-25H,19-22H2,1-5H3. The Morgan fingerprint density at radius 1 is 0.625 bits per heavy atom. The first kappa shape index (κ1) is 34.2. The lowest BCUT2D eigenvalue weighted by Gasteiger charge is -2.13. The third-order valence-corrected chi connectivity index (χ3v) is 9.25. The maximum absolute atomic E-state index is 13.3. The lowest BCUT2D eigenvalue weighted by molar-refractivity contribution is 0.0761. The number of aryl methyl sites for hydroxylation is 1. The molecule has 4 aromatic carbocycles. The SMILES string of the molecule is COc1ccc(C=Cc2cc(OC)c(OC)c(OC)c2)cc1OCCOCCOc1cccc2c1ccn2S(=O)(=O)c1ccc(C)cc1. The van der Waals surface area contributed by atoms with Crippen LogP contribution in [-0.4, -0.2) is 67.3 Å². The third-order valence-electron chi connectivity index (χ3n) is 7.55. The van der Waals surface area contributed by atoms with Crippen molar-refractivity contribution in [1.29, 1.82) is 0 Å². The van der Waals surface area contributed by atoms with Crippen LogP contribution in [0.3, 0.4) is 0 Å². The van der Waals surface area contributed by atoms with Crippen molar-refractivity contribution >= 4 is 33.1 Å². The van der Waals surface area contributed by atoms with Crippen LogP contribution in [0.5, 0.6) is 34.5 Å². The molecule has 0 N–H and O–H groups in total. The second-order valence-electron chi connectivity index (χ2n) is 10.6. The van der Waals surface area contributed by atoms with E-state index in [2.05, 4.69) is 0 Å². The molecule has 11 heteroatoms. The molecule has 0 bridgehead atoms. The number of rotatable bonds is 16. The van der Waals surface area contributed by atoms with Gasteiger partial charge in [-0.05, 0) is 72.6 Å². The van der Waals surface area contributed by atoms with E-state index in [1.165, 1.54) is 3.97 Å². The molecule has 252 valence electrons. The van der Waals surface area contributed by atoms with Gasteiger partial charge in [0.25, 0.3) is 10.0 Å². The highest BCUT2D eigenvalue weighted by molar-refractivity contribution is 7.90. The van der Waals surface area contributed by atoms with Gasteiger partial charge in [-0.25, -0.2) is 12.4 Å². The van der Waals surface area contributed by atoms with E-state index < -0.39 is 10.0 Å². The van der Waals surface area contributed by atoms with Crippen molar-refractivity contribution in [2.45, 2.75) is 11.8 Å². The van der Waals surface area contributed by atoms with Crippen LogP contribution in [-0.2, 0) is 14.8 Å². The molecule has 0 aliphatic heterocycles. The lowest BCUT2D eigenvalue weighted by atomic mass is 10.1. The van der Waals surface area contributed by atoms with Crippen molar-refractivity contribution in [2.24, 2.45) is 0 Å². The Bertz CT molecular complexity index is 1960. The molecule has 0 aliphatic rings. The average Bonchev–Trinajstić information content (AvgIpc) is 3.56. The highest BCUT2D eigenvalue weighted by Gasteiger charge is 2.20. The first-order valence-electron chi connectivity index (χ1n) is 15.2. The van der Waals surface area contributed by atoms with Gasteiger partial charge in [0.05, 0.1) is 52.1 Å². The summed E-state index contributed by atoms with van der Waals surface area (Å²) < 4.78 is 67.3. The average molecular weight is 674 g/mol. The second kappa shape index (κ2) is 15.6. The number of benzene rings is 4. The van der Waals surface area contributed by atoms with Gasteiger partial charge in [0.2, 0.25) is 5.75 Å². The second-order valence-corrected chi connectivity index (χ2v) is 12.4. The van der Waals surface area contributed by atoms with Crippen LogP contribution in [0.2, 0.25) is 0 Å². The molecule has 0 unspecified atom stereocenters. The zero-order valence-electron chi connectivity index (χ0n) is 27.6. The molecule has 0 atom stereocenters. The number of hydrogen-bond acceptors (Lipinski definition) is 9. The molecular formula is C37H39NO9S. The van der Waals surface area contributed by atoms with Gasteiger partial charge in [-0.3, -0.25) is 0 Å². The van der Waals surface area contributed by atoms with Gasteiger partial charge in [0, 0.05) is 11.6 Å². The first-order valence-corrected chi connectivity index (χ1v) is 16.6. The molecule has 0 spiro atoms. The van der Waals surface area contributed by atoms with Crippen molar-refractivity contribution in [1.82, 2.24) is 3.97 Å². The fourth-order valence-electron chi connectivity index (χ4n) is 5.10. The van der Waals surface area contributed by atoms with Crippen molar-refractivity contribution in [3.63, 3.8) is 0 Å². The molecule has 0 saturated carbocycles. The van der Waals surface area contributed by atoms with Crippen molar-refractivity contribution in [3.05, 3.63) is 102 Å². The van der Waals surface area contributed by atoms with Gasteiger partial charge in [0.1, 0.15) is 19.0 Å². The Morgan fingerprint density at radius 2 is 1.25 bits per heavy atom. The maximum Gasteiger partial charge on any atom is 0.268 e. The molecule has 0 aliphatic carbocycles. The van der Waals surface area contributed by atoms with Gasteiger partial charge in [-0.15, -0.1) is 0 Å². The minimum absolute atomic E-state index is 0.226. The number of ether oxygens (including phenoxy) is 7. The van der Waals surface area contributed by atoms with Crippen LogP contribution in [0.4, 0.5) is 0 Å². The summed E-state index contributed by atoms with van der Waals surface area (Å²) in [5, 5.41) is 0.697. The Labute approximate surface area is 281 Å². The quantitative estimate of drug-likeness (QED) is 0.0821. The number of methoxy groups -OCH3 is 4. The molecule has 0 radical (unpaired) electrons. The van der Waals surface area contributed by atoms with E-state index in [0.29, 0.717) is 65.2 Å². The largest absolute Gasteiger partial charge is 0.493 e. The molecule has 5 aromatic rings. The van der Waals surface area contributed by atoms with E-state index in [1.54, 1.807) is 77.1 Å². The van der Waals surface area contributed by atoms with Crippen LogP contribution in [0, 0.1) is 6.92 Å². The van der Waals surface area contributed by atoms with E-state index in [-0.39, 0.29) is 11.5 Å². The van der Waals surface area contributed by atoms with Gasteiger partial charge in [0.15, 0.2) is 23.0 Å². The summed E-state index contributed by atoms with van der Waals surface area (Å²) in [6, 6.07) is 23.3. The van der Waals surface area contributed by atoms with Crippen molar-refractivity contribution < 1.29 is 41.6 Å². The van der Waals surface area contributed by atoms with Gasteiger partial charge in [-0.1, -0.05) is 42.0 Å². The Kier molecular flexibility index (Phi) is 11.1. The Morgan fingerprint density at radius 3 is 1.90 bits per heavy atom. The van der Waals surface area contributed by atoms with Gasteiger partial charge < -0.3 is 33.2 Å². The molecule has 10 nitrogen and oxygen atoms in total. The van der Waals surface area contributed by atoms with E-state index in [9.17, 15) is 8.42 Å². The summed E-state index contributed by atoms with van der Waals surface area (Å²) in [5.74, 6) is 3.44. The van der Waals surface area contributed by atoms with Gasteiger partial charge >= 0.3 is 0 Å². The summed E-state index contributed by atoms with van der Waals surface area (Å²) in [4.78, 5) is 0.226. The maximum atomic E-state index is 13.3. The number of nitrogens with zero attached hydrogens (tertiary/aromatic N) is 1. The first-order chi connectivity index (χ1) is 23.3. The van der Waals surface area contributed by atoms with Crippen LogP contribution in [0.1, 0.15) is 16.7 Å². The summed E-state index contributed by atoms with van der Waals surface area (Å²) in [5.41, 5.74) is 3.31. The fourth-order valence-corrected chi connectivity index (χ4v) is 6.44. The minimum Gasteiger partial charge on any atom is -0.493 e. The minimum atomic E-state index is -3.75. The summed E-state index contributed by atoms with van der Waals surface area (Å²) >= 11 is 0. The van der Waals surface area contributed by atoms with Crippen LogP contribution >= 0.6 is 0 Å². The van der Waals surface area contributed by atoms with Crippen LogP contribution < -0.4 is 28.4 Å². The number of aromatic nitrogens is 1. The lowest BCUT2D eigenvalue weighted by Crippen LogP contribution is -2.13. The van der Waals surface area contributed by atoms with E-state index in [4.69, 9.17) is 33.2 Å². The highest BCUT2D eigenvalue weighted by Crippen LogP contribution is 2.39.